The van der Waals surface area contributed by atoms with Gasteiger partial charge in [-0.2, -0.15) is 0 Å². The number of thiazole rings is 1. The second-order valence-corrected chi connectivity index (χ2v) is 9.14. The summed E-state index contributed by atoms with van der Waals surface area (Å²) in [6, 6.07) is 12.4. The quantitative estimate of drug-likeness (QED) is 0.254. The molecule has 1 fully saturated rings. The molecule has 1 aliphatic rings. The Morgan fingerprint density at radius 2 is 2.09 bits per heavy atom. The third-order valence-electron chi connectivity index (χ3n) is 5.81. The number of aromatic nitrogens is 1. The van der Waals surface area contributed by atoms with E-state index in [0.717, 1.165) is 55.9 Å². The van der Waals surface area contributed by atoms with E-state index in [1.807, 2.05) is 6.07 Å². The smallest absolute Gasteiger partial charge is 0.270 e. The summed E-state index contributed by atoms with van der Waals surface area (Å²) < 4.78 is 6.48. The van der Waals surface area contributed by atoms with E-state index >= 15 is 0 Å². The van der Waals surface area contributed by atoms with Crippen molar-refractivity contribution in [3.63, 3.8) is 0 Å². The number of ether oxygens (including phenoxy) is 1. The van der Waals surface area contributed by atoms with Gasteiger partial charge >= 0.3 is 0 Å². The van der Waals surface area contributed by atoms with Crippen molar-refractivity contribution < 1.29 is 14.5 Å². The molecular weight excluding hydrogens is 452 g/mol. The number of nitro groups is 1. The minimum absolute atomic E-state index is 0.00475. The van der Waals surface area contributed by atoms with Crippen LogP contribution < -0.4 is 4.90 Å². The van der Waals surface area contributed by atoms with Crippen LogP contribution in [0.3, 0.4) is 0 Å². The van der Waals surface area contributed by atoms with Gasteiger partial charge in [0.05, 0.1) is 28.4 Å². The number of hydrogen-bond acceptors (Lipinski definition) is 7. The predicted octanol–water partition coefficient (Wildman–Crippen LogP) is 4.54. The normalized spacial score (nSPS) is 14.6. The van der Waals surface area contributed by atoms with Crippen molar-refractivity contribution in [1.29, 1.82) is 0 Å². The maximum absolute atomic E-state index is 13.3. The molecule has 0 atom stereocenters. The number of anilines is 1. The van der Waals surface area contributed by atoms with Gasteiger partial charge in [0.2, 0.25) is 0 Å². The lowest BCUT2D eigenvalue weighted by atomic mass is 10.2. The van der Waals surface area contributed by atoms with Crippen molar-refractivity contribution in [2.75, 3.05) is 44.3 Å². The predicted molar refractivity (Wildman–Crippen MR) is 135 cm³/mol. The first kappa shape index (κ1) is 24.0. The van der Waals surface area contributed by atoms with Gasteiger partial charge in [0.25, 0.3) is 11.6 Å². The Morgan fingerprint density at radius 1 is 1.26 bits per heavy atom. The summed E-state index contributed by atoms with van der Waals surface area (Å²) in [5, 5.41) is 11.7. The van der Waals surface area contributed by atoms with Gasteiger partial charge in [-0.3, -0.25) is 24.7 Å². The van der Waals surface area contributed by atoms with E-state index in [-0.39, 0.29) is 11.6 Å². The molecule has 0 radical (unpaired) electrons. The second kappa shape index (κ2) is 11.3. The van der Waals surface area contributed by atoms with Crippen LogP contribution in [0.4, 0.5) is 10.8 Å². The standard InChI is InChI=1S/C25H28N4O4S/c1-2-19-7-9-22-23(18-19)34-25(26-22)28(12-4-11-27-13-15-33-16-14-27)24(30)10-8-20-5-3-6-21(17-20)29(31)32/h3,5-10,17-18H,2,4,11-16H2,1H3/b10-8+. The van der Waals surface area contributed by atoms with E-state index in [1.165, 1.54) is 35.1 Å². The molecular formula is C25H28N4O4S. The third kappa shape index (κ3) is 6.05. The zero-order chi connectivity index (χ0) is 23.9. The average molecular weight is 481 g/mol. The fourth-order valence-electron chi connectivity index (χ4n) is 3.87. The molecule has 2 aromatic carbocycles. The lowest BCUT2D eigenvalue weighted by molar-refractivity contribution is -0.384. The zero-order valence-electron chi connectivity index (χ0n) is 19.2. The molecule has 2 heterocycles. The van der Waals surface area contributed by atoms with Crippen LogP contribution in [-0.2, 0) is 16.0 Å². The molecule has 0 unspecified atom stereocenters. The van der Waals surface area contributed by atoms with Gasteiger partial charge < -0.3 is 4.74 Å². The van der Waals surface area contributed by atoms with Crippen LogP contribution in [-0.4, -0.2) is 60.1 Å². The summed E-state index contributed by atoms with van der Waals surface area (Å²) in [6.07, 6.45) is 4.84. The fourth-order valence-corrected chi connectivity index (χ4v) is 4.93. The molecule has 3 aromatic rings. The number of amides is 1. The van der Waals surface area contributed by atoms with Crippen molar-refractivity contribution in [2.24, 2.45) is 0 Å². The van der Waals surface area contributed by atoms with Crippen molar-refractivity contribution in [1.82, 2.24) is 9.88 Å². The number of hydrogen-bond donors (Lipinski definition) is 0. The number of nitrogens with zero attached hydrogens (tertiary/aromatic N) is 4. The Morgan fingerprint density at radius 3 is 2.85 bits per heavy atom. The van der Waals surface area contributed by atoms with Crippen LogP contribution in [0.5, 0.6) is 0 Å². The number of nitro benzene ring substituents is 1. The van der Waals surface area contributed by atoms with Crippen molar-refractivity contribution in [3.8, 4) is 0 Å². The molecule has 4 rings (SSSR count). The van der Waals surface area contributed by atoms with Crippen LogP contribution in [0.2, 0.25) is 0 Å². The van der Waals surface area contributed by atoms with Crippen molar-refractivity contribution in [3.05, 3.63) is 69.8 Å². The van der Waals surface area contributed by atoms with Gasteiger partial charge in [-0.05, 0) is 42.2 Å². The molecule has 1 saturated heterocycles. The maximum atomic E-state index is 13.3. The zero-order valence-corrected chi connectivity index (χ0v) is 20.0. The molecule has 0 bridgehead atoms. The first-order chi connectivity index (χ1) is 16.5. The summed E-state index contributed by atoms with van der Waals surface area (Å²) in [7, 11) is 0. The number of rotatable bonds is 9. The Kier molecular flexibility index (Phi) is 7.99. The van der Waals surface area contributed by atoms with Gasteiger partial charge in [0.1, 0.15) is 0 Å². The third-order valence-corrected chi connectivity index (χ3v) is 6.85. The molecule has 34 heavy (non-hydrogen) atoms. The molecule has 9 heteroatoms. The summed E-state index contributed by atoms with van der Waals surface area (Å²) >= 11 is 1.51. The molecule has 0 N–H and O–H groups in total. The highest BCUT2D eigenvalue weighted by molar-refractivity contribution is 7.22. The van der Waals surface area contributed by atoms with Gasteiger partial charge in [0.15, 0.2) is 5.13 Å². The SMILES string of the molecule is CCc1ccc2nc(N(CCCN3CCOCC3)C(=O)/C=C/c3cccc([N+](=O)[O-])c3)sc2c1. The highest BCUT2D eigenvalue weighted by Gasteiger charge is 2.19. The first-order valence-electron chi connectivity index (χ1n) is 11.5. The first-order valence-corrected chi connectivity index (χ1v) is 12.3. The molecule has 1 amide bonds. The lowest BCUT2D eigenvalue weighted by Crippen LogP contribution is -2.39. The number of non-ortho nitro benzene ring substituents is 1. The highest BCUT2D eigenvalue weighted by atomic mass is 32.1. The molecule has 1 aromatic heterocycles. The number of carbonyl (C=O) groups is 1. The molecule has 0 saturated carbocycles. The van der Waals surface area contributed by atoms with E-state index < -0.39 is 4.92 Å². The van der Waals surface area contributed by atoms with E-state index in [0.29, 0.717) is 17.2 Å². The van der Waals surface area contributed by atoms with Crippen LogP contribution in [0, 0.1) is 10.1 Å². The summed E-state index contributed by atoms with van der Waals surface area (Å²) in [4.78, 5) is 32.7. The van der Waals surface area contributed by atoms with Gasteiger partial charge in [-0.1, -0.05) is 36.5 Å². The Labute approximate surface area is 202 Å². The van der Waals surface area contributed by atoms with E-state index in [4.69, 9.17) is 9.72 Å². The Bertz CT molecular complexity index is 1190. The minimum atomic E-state index is -0.442. The molecule has 1 aliphatic heterocycles. The van der Waals surface area contributed by atoms with E-state index in [2.05, 4.69) is 24.0 Å². The van der Waals surface area contributed by atoms with Crippen LogP contribution in [0.25, 0.3) is 16.3 Å². The summed E-state index contributed by atoms with van der Waals surface area (Å²) in [5.74, 6) is -0.191. The number of fused-ring (bicyclic) bond motifs is 1. The van der Waals surface area contributed by atoms with E-state index in [9.17, 15) is 14.9 Å². The van der Waals surface area contributed by atoms with Crippen LogP contribution in [0.1, 0.15) is 24.5 Å². The highest BCUT2D eigenvalue weighted by Crippen LogP contribution is 2.30. The lowest BCUT2D eigenvalue weighted by Gasteiger charge is -2.27. The number of carbonyl (C=O) groups excluding carboxylic acids is 1. The Balaban J connectivity index is 1.54. The largest absolute Gasteiger partial charge is 0.379 e. The summed E-state index contributed by atoms with van der Waals surface area (Å²) in [5.41, 5.74) is 2.71. The number of aryl methyl sites for hydroxylation is 1. The summed E-state index contributed by atoms with van der Waals surface area (Å²) in [6.45, 7) is 6.83. The monoisotopic (exact) mass is 480 g/mol. The topological polar surface area (TPSA) is 88.8 Å². The molecule has 0 spiro atoms. The number of benzene rings is 2. The van der Waals surface area contributed by atoms with Crippen LogP contribution >= 0.6 is 11.3 Å². The fraction of sp³-hybridized carbons (Fsp3) is 0.360. The van der Waals surface area contributed by atoms with Gasteiger partial charge in [0, 0.05) is 44.4 Å². The van der Waals surface area contributed by atoms with Crippen molar-refractivity contribution in [2.45, 2.75) is 19.8 Å². The van der Waals surface area contributed by atoms with Crippen LogP contribution in [0.15, 0.2) is 48.5 Å². The maximum Gasteiger partial charge on any atom is 0.270 e. The van der Waals surface area contributed by atoms with Crippen molar-refractivity contribution >= 4 is 44.4 Å². The Hall–Kier alpha value is -3.14. The van der Waals surface area contributed by atoms with E-state index in [1.54, 1.807) is 23.1 Å². The molecule has 0 aliphatic carbocycles. The van der Waals surface area contributed by atoms with Gasteiger partial charge in [-0.25, -0.2) is 4.98 Å². The molecule has 8 nitrogen and oxygen atoms in total. The minimum Gasteiger partial charge on any atom is -0.379 e. The van der Waals surface area contributed by atoms with Gasteiger partial charge in [-0.15, -0.1) is 0 Å². The number of morpholine rings is 1. The molecule has 178 valence electrons. The second-order valence-electron chi connectivity index (χ2n) is 8.13. The average Bonchev–Trinajstić information content (AvgIpc) is 3.28.